The second-order valence-electron chi connectivity index (χ2n) is 8.26. The molecular weight excluding hydrogens is 367 g/mol. The molecule has 0 spiro atoms. The van der Waals surface area contributed by atoms with Crippen LogP contribution in [-0.4, -0.2) is 30.0 Å². The standard InChI is InChI=1S/C24H31FN2O2/c1-17(2)16-29-22-12-8-20(9-13-22)24-23(26-18(3)28)5-4-14-27(24)15-19-6-10-21(25)11-7-19/h6-13,17,23-24H,4-5,14-16H2,1-3H3,(H,26,28)/t23-,24?/m0/s1. The number of carbonyl (C=O) groups excluding carboxylic acids is 1. The highest BCUT2D eigenvalue weighted by molar-refractivity contribution is 5.73. The largest absolute Gasteiger partial charge is 0.493 e. The van der Waals surface area contributed by atoms with Gasteiger partial charge in [-0.25, -0.2) is 4.39 Å². The lowest BCUT2D eigenvalue weighted by Crippen LogP contribution is -2.49. The van der Waals surface area contributed by atoms with Gasteiger partial charge in [0, 0.05) is 19.5 Å². The average molecular weight is 399 g/mol. The number of rotatable bonds is 7. The van der Waals surface area contributed by atoms with E-state index in [1.54, 1.807) is 6.92 Å². The van der Waals surface area contributed by atoms with Crippen molar-refractivity contribution < 1.29 is 13.9 Å². The Kier molecular flexibility index (Phi) is 7.26. The first-order valence-electron chi connectivity index (χ1n) is 10.4. The zero-order chi connectivity index (χ0) is 20.8. The van der Waals surface area contributed by atoms with Gasteiger partial charge in [-0.05, 0) is 60.7 Å². The Labute approximate surface area is 173 Å². The molecular formula is C24H31FN2O2. The summed E-state index contributed by atoms with van der Waals surface area (Å²) in [4.78, 5) is 14.2. The second-order valence-corrected chi connectivity index (χ2v) is 8.26. The van der Waals surface area contributed by atoms with Crippen molar-refractivity contribution in [3.8, 4) is 5.75 Å². The molecule has 1 saturated heterocycles. The Morgan fingerprint density at radius 3 is 2.48 bits per heavy atom. The van der Waals surface area contributed by atoms with Crippen LogP contribution in [0.5, 0.6) is 5.75 Å². The van der Waals surface area contributed by atoms with Crippen molar-refractivity contribution in [3.63, 3.8) is 0 Å². The first kappa shape index (κ1) is 21.3. The zero-order valence-electron chi connectivity index (χ0n) is 17.5. The third kappa shape index (κ3) is 6.04. The van der Waals surface area contributed by atoms with E-state index in [9.17, 15) is 9.18 Å². The van der Waals surface area contributed by atoms with Crippen molar-refractivity contribution in [1.29, 1.82) is 0 Å². The molecule has 1 N–H and O–H groups in total. The predicted molar refractivity (Wildman–Crippen MR) is 113 cm³/mol. The van der Waals surface area contributed by atoms with Crippen molar-refractivity contribution in [2.75, 3.05) is 13.2 Å². The molecule has 1 aliphatic heterocycles. The van der Waals surface area contributed by atoms with E-state index in [2.05, 4.69) is 36.2 Å². The van der Waals surface area contributed by atoms with Crippen LogP contribution >= 0.6 is 0 Å². The average Bonchev–Trinajstić information content (AvgIpc) is 2.68. The van der Waals surface area contributed by atoms with Crippen LogP contribution in [0.15, 0.2) is 48.5 Å². The van der Waals surface area contributed by atoms with Crippen LogP contribution in [0.2, 0.25) is 0 Å². The predicted octanol–water partition coefficient (Wildman–Crippen LogP) is 4.70. The minimum Gasteiger partial charge on any atom is -0.493 e. The van der Waals surface area contributed by atoms with Gasteiger partial charge in [-0.15, -0.1) is 0 Å². The molecule has 3 rings (SSSR count). The highest BCUT2D eigenvalue weighted by atomic mass is 19.1. The van der Waals surface area contributed by atoms with Crippen LogP contribution in [0.3, 0.4) is 0 Å². The Bertz CT molecular complexity index is 790. The van der Waals surface area contributed by atoms with E-state index in [1.165, 1.54) is 12.1 Å². The summed E-state index contributed by atoms with van der Waals surface area (Å²) in [6, 6.07) is 15.0. The van der Waals surface area contributed by atoms with Crippen molar-refractivity contribution in [1.82, 2.24) is 10.2 Å². The van der Waals surface area contributed by atoms with E-state index >= 15 is 0 Å². The summed E-state index contributed by atoms with van der Waals surface area (Å²) in [5, 5.41) is 3.14. The van der Waals surface area contributed by atoms with Gasteiger partial charge in [-0.1, -0.05) is 38.1 Å². The fourth-order valence-electron chi connectivity index (χ4n) is 3.95. The zero-order valence-corrected chi connectivity index (χ0v) is 17.5. The van der Waals surface area contributed by atoms with Crippen molar-refractivity contribution >= 4 is 5.91 Å². The number of halogens is 1. The summed E-state index contributed by atoms with van der Waals surface area (Å²) in [6.07, 6.45) is 1.95. The Balaban J connectivity index is 1.82. The van der Waals surface area contributed by atoms with Gasteiger partial charge in [0.15, 0.2) is 0 Å². The molecule has 4 nitrogen and oxygen atoms in total. The van der Waals surface area contributed by atoms with Crippen LogP contribution in [0.1, 0.15) is 50.8 Å². The fourth-order valence-corrected chi connectivity index (χ4v) is 3.95. The maximum absolute atomic E-state index is 13.3. The quantitative estimate of drug-likeness (QED) is 0.735. The number of likely N-dealkylation sites (tertiary alicyclic amines) is 1. The molecule has 1 aliphatic rings. The third-order valence-corrected chi connectivity index (χ3v) is 5.23. The van der Waals surface area contributed by atoms with Crippen LogP contribution in [0.25, 0.3) is 0 Å². The fraction of sp³-hybridized carbons (Fsp3) is 0.458. The van der Waals surface area contributed by atoms with E-state index in [1.807, 2.05) is 24.3 Å². The molecule has 1 fully saturated rings. The lowest BCUT2D eigenvalue weighted by atomic mass is 9.89. The van der Waals surface area contributed by atoms with Crippen molar-refractivity contribution in [2.24, 2.45) is 5.92 Å². The van der Waals surface area contributed by atoms with Gasteiger partial charge in [-0.2, -0.15) is 0 Å². The summed E-state index contributed by atoms with van der Waals surface area (Å²) in [7, 11) is 0. The van der Waals surface area contributed by atoms with Gasteiger partial charge in [0.05, 0.1) is 12.6 Å². The number of benzene rings is 2. The molecule has 0 saturated carbocycles. The molecule has 156 valence electrons. The summed E-state index contributed by atoms with van der Waals surface area (Å²) >= 11 is 0. The molecule has 5 heteroatoms. The van der Waals surface area contributed by atoms with Crippen molar-refractivity contribution in [2.45, 2.75) is 52.2 Å². The monoisotopic (exact) mass is 398 g/mol. The Morgan fingerprint density at radius 2 is 1.86 bits per heavy atom. The third-order valence-electron chi connectivity index (χ3n) is 5.23. The maximum Gasteiger partial charge on any atom is 0.217 e. The van der Waals surface area contributed by atoms with E-state index in [0.29, 0.717) is 19.1 Å². The molecule has 1 unspecified atom stereocenters. The minimum absolute atomic E-state index is 0.0134. The van der Waals surface area contributed by atoms with Gasteiger partial charge in [-0.3, -0.25) is 9.69 Å². The van der Waals surface area contributed by atoms with Crippen molar-refractivity contribution in [3.05, 3.63) is 65.5 Å². The van der Waals surface area contributed by atoms with Gasteiger partial charge < -0.3 is 10.1 Å². The van der Waals surface area contributed by atoms with E-state index in [4.69, 9.17) is 4.74 Å². The molecule has 0 aliphatic carbocycles. The van der Waals surface area contributed by atoms with E-state index in [0.717, 1.165) is 36.3 Å². The van der Waals surface area contributed by atoms with Crippen LogP contribution in [0.4, 0.5) is 4.39 Å². The van der Waals surface area contributed by atoms with Crippen LogP contribution in [0, 0.1) is 11.7 Å². The summed E-state index contributed by atoms with van der Waals surface area (Å²) in [5.41, 5.74) is 2.22. The SMILES string of the molecule is CC(=O)N[C@H]1CCCN(Cc2ccc(F)cc2)C1c1ccc(OCC(C)C)cc1. The lowest BCUT2D eigenvalue weighted by Gasteiger charge is -2.42. The number of nitrogens with zero attached hydrogens (tertiary/aromatic N) is 1. The van der Waals surface area contributed by atoms with Gasteiger partial charge in [0.1, 0.15) is 11.6 Å². The number of amides is 1. The second kappa shape index (κ2) is 9.88. The molecule has 2 aromatic carbocycles. The van der Waals surface area contributed by atoms with Crippen LogP contribution in [-0.2, 0) is 11.3 Å². The minimum atomic E-state index is -0.225. The molecule has 29 heavy (non-hydrogen) atoms. The number of hydrogen-bond donors (Lipinski definition) is 1. The van der Waals surface area contributed by atoms with E-state index in [-0.39, 0.29) is 23.8 Å². The van der Waals surface area contributed by atoms with Crippen LogP contribution < -0.4 is 10.1 Å². The Morgan fingerprint density at radius 1 is 1.17 bits per heavy atom. The topological polar surface area (TPSA) is 41.6 Å². The molecule has 0 bridgehead atoms. The highest BCUT2D eigenvalue weighted by Gasteiger charge is 2.33. The van der Waals surface area contributed by atoms with Gasteiger partial charge in [0.25, 0.3) is 0 Å². The first-order valence-corrected chi connectivity index (χ1v) is 10.4. The highest BCUT2D eigenvalue weighted by Crippen LogP contribution is 2.33. The first-order chi connectivity index (χ1) is 13.9. The molecule has 0 radical (unpaired) electrons. The van der Waals surface area contributed by atoms with E-state index < -0.39 is 0 Å². The molecule has 2 atom stereocenters. The lowest BCUT2D eigenvalue weighted by molar-refractivity contribution is -0.120. The smallest absolute Gasteiger partial charge is 0.217 e. The normalized spacial score (nSPS) is 19.9. The molecule has 1 amide bonds. The molecule has 0 aromatic heterocycles. The number of ether oxygens (including phenoxy) is 1. The number of piperidine rings is 1. The molecule has 2 aromatic rings. The summed E-state index contributed by atoms with van der Waals surface area (Å²) in [5.74, 6) is 1.10. The summed E-state index contributed by atoms with van der Waals surface area (Å²) < 4.78 is 19.1. The number of nitrogens with one attached hydrogen (secondary N) is 1. The van der Waals surface area contributed by atoms with Gasteiger partial charge in [0.2, 0.25) is 5.91 Å². The number of carbonyl (C=O) groups is 1. The van der Waals surface area contributed by atoms with Gasteiger partial charge >= 0.3 is 0 Å². The Hall–Kier alpha value is -2.40. The molecule has 1 heterocycles. The maximum atomic E-state index is 13.3. The summed E-state index contributed by atoms with van der Waals surface area (Å²) in [6.45, 7) is 8.16. The number of hydrogen-bond acceptors (Lipinski definition) is 3.